The van der Waals surface area contributed by atoms with Crippen LogP contribution in [0.4, 0.5) is 0 Å². The van der Waals surface area contributed by atoms with Crippen LogP contribution >= 0.6 is 0 Å². The molecule has 0 saturated carbocycles. The Morgan fingerprint density at radius 1 is 0.682 bits per heavy atom. The molecule has 0 amide bonds. The van der Waals surface area contributed by atoms with Crippen LogP contribution in [-0.2, 0) is 4.79 Å². The fraction of sp³-hybridized carbons (Fsp3) is 0.950. The van der Waals surface area contributed by atoms with Crippen molar-refractivity contribution in [1.29, 1.82) is 0 Å². The summed E-state index contributed by atoms with van der Waals surface area (Å²) in [7, 11) is 0. The second-order valence-corrected chi connectivity index (χ2v) is 6.98. The minimum atomic E-state index is -0.648. The van der Waals surface area contributed by atoms with Crippen LogP contribution in [0.2, 0.25) is 0 Å². The van der Waals surface area contributed by atoms with Crippen molar-refractivity contribution < 1.29 is 9.90 Å². The Morgan fingerprint density at radius 2 is 1.00 bits per heavy atom. The van der Waals surface area contributed by atoms with E-state index in [2.05, 4.69) is 6.92 Å². The number of unbranched alkanes of at least 4 members (excludes halogenated alkanes) is 14. The molecule has 0 fully saturated rings. The molecule has 1 atom stereocenters. The van der Waals surface area contributed by atoms with E-state index in [1.54, 1.807) is 0 Å². The van der Waals surface area contributed by atoms with E-state index >= 15 is 0 Å². The molecular weight excluding hydrogens is 272 g/mol. The maximum atomic E-state index is 10.7. The SMILES string of the molecule is CCCCCCCCCCCCCCCCC[C@H](C)C(=O)O. The smallest absolute Gasteiger partial charge is 0.306 e. The van der Waals surface area contributed by atoms with Gasteiger partial charge in [-0.15, -0.1) is 0 Å². The third-order valence-corrected chi connectivity index (χ3v) is 4.66. The number of aliphatic carboxylic acids is 1. The molecule has 0 aliphatic carbocycles. The van der Waals surface area contributed by atoms with Crippen LogP contribution in [0.15, 0.2) is 0 Å². The first-order valence-electron chi connectivity index (χ1n) is 9.91. The highest BCUT2D eigenvalue weighted by Crippen LogP contribution is 2.15. The molecule has 0 aromatic carbocycles. The highest BCUT2D eigenvalue weighted by molar-refractivity contribution is 5.69. The Labute approximate surface area is 139 Å². The fourth-order valence-corrected chi connectivity index (χ4v) is 2.95. The summed E-state index contributed by atoms with van der Waals surface area (Å²) in [4.78, 5) is 10.7. The number of carbonyl (C=O) groups is 1. The molecule has 22 heavy (non-hydrogen) atoms. The van der Waals surface area contributed by atoms with Crippen LogP contribution in [0.1, 0.15) is 117 Å². The molecule has 0 aromatic rings. The molecule has 0 aliphatic rings. The molecule has 0 spiro atoms. The van der Waals surface area contributed by atoms with Gasteiger partial charge in [-0.1, -0.05) is 110 Å². The van der Waals surface area contributed by atoms with Crippen LogP contribution in [0, 0.1) is 5.92 Å². The van der Waals surface area contributed by atoms with Crippen LogP contribution in [0.5, 0.6) is 0 Å². The highest BCUT2D eigenvalue weighted by Gasteiger charge is 2.09. The van der Waals surface area contributed by atoms with Crippen molar-refractivity contribution in [1.82, 2.24) is 0 Å². The fourth-order valence-electron chi connectivity index (χ4n) is 2.95. The minimum Gasteiger partial charge on any atom is -0.481 e. The zero-order valence-electron chi connectivity index (χ0n) is 15.2. The first-order valence-corrected chi connectivity index (χ1v) is 9.91. The largest absolute Gasteiger partial charge is 0.481 e. The number of carboxylic acids is 1. The summed E-state index contributed by atoms with van der Waals surface area (Å²) in [6.07, 6.45) is 21.3. The van der Waals surface area contributed by atoms with Crippen molar-refractivity contribution in [3.8, 4) is 0 Å². The number of rotatable bonds is 17. The third kappa shape index (κ3) is 15.9. The van der Waals surface area contributed by atoms with Gasteiger partial charge in [-0.3, -0.25) is 4.79 Å². The molecule has 2 heteroatoms. The lowest BCUT2D eigenvalue weighted by atomic mass is 10.0. The maximum Gasteiger partial charge on any atom is 0.306 e. The van der Waals surface area contributed by atoms with E-state index in [0.717, 1.165) is 12.8 Å². The Kier molecular flexibility index (Phi) is 16.4. The average molecular weight is 313 g/mol. The van der Waals surface area contributed by atoms with Crippen LogP contribution < -0.4 is 0 Å². The molecule has 132 valence electrons. The molecular formula is C20H40O2. The Balaban J connectivity index is 3.04. The van der Waals surface area contributed by atoms with E-state index in [1.165, 1.54) is 89.9 Å². The number of hydrogen-bond donors (Lipinski definition) is 1. The normalized spacial score (nSPS) is 12.5. The van der Waals surface area contributed by atoms with Gasteiger partial charge in [-0.05, 0) is 6.42 Å². The van der Waals surface area contributed by atoms with Gasteiger partial charge >= 0.3 is 5.97 Å². The molecule has 1 N–H and O–H groups in total. The van der Waals surface area contributed by atoms with Crippen LogP contribution in [0.3, 0.4) is 0 Å². The van der Waals surface area contributed by atoms with Crippen molar-refractivity contribution in [3.05, 3.63) is 0 Å². The molecule has 0 aliphatic heterocycles. The number of hydrogen-bond acceptors (Lipinski definition) is 1. The molecule has 2 nitrogen and oxygen atoms in total. The van der Waals surface area contributed by atoms with Gasteiger partial charge in [0.15, 0.2) is 0 Å². The molecule has 0 radical (unpaired) electrons. The van der Waals surface area contributed by atoms with Gasteiger partial charge in [0.05, 0.1) is 5.92 Å². The van der Waals surface area contributed by atoms with Crippen LogP contribution in [0.25, 0.3) is 0 Å². The Hall–Kier alpha value is -0.530. The Bertz CT molecular complexity index is 238. The topological polar surface area (TPSA) is 37.3 Å². The summed E-state index contributed by atoms with van der Waals surface area (Å²) in [5.41, 5.74) is 0. The summed E-state index contributed by atoms with van der Waals surface area (Å²) in [5.74, 6) is -0.813. The second kappa shape index (κ2) is 16.8. The summed E-state index contributed by atoms with van der Waals surface area (Å²) in [6.45, 7) is 4.09. The lowest BCUT2D eigenvalue weighted by Crippen LogP contribution is -2.08. The first-order chi connectivity index (χ1) is 10.7. The van der Waals surface area contributed by atoms with Crippen molar-refractivity contribution in [2.24, 2.45) is 5.92 Å². The van der Waals surface area contributed by atoms with Gasteiger partial charge in [-0.2, -0.15) is 0 Å². The van der Waals surface area contributed by atoms with Gasteiger partial charge in [0.2, 0.25) is 0 Å². The summed E-state index contributed by atoms with van der Waals surface area (Å²) < 4.78 is 0. The monoisotopic (exact) mass is 312 g/mol. The van der Waals surface area contributed by atoms with Crippen molar-refractivity contribution in [2.75, 3.05) is 0 Å². The van der Waals surface area contributed by atoms with Crippen molar-refractivity contribution >= 4 is 5.97 Å². The van der Waals surface area contributed by atoms with Gasteiger partial charge < -0.3 is 5.11 Å². The zero-order valence-corrected chi connectivity index (χ0v) is 15.2. The predicted octanol–water partition coefficient (Wildman–Crippen LogP) is 6.97. The summed E-state index contributed by atoms with van der Waals surface area (Å²) >= 11 is 0. The van der Waals surface area contributed by atoms with Gasteiger partial charge in [-0.25, -0.2) is 0 Å². The minimum absolute atomic E-state index is 0.165. The predicted molar refractivity (Wildman–Crippen MR) is 96.3 cm³/mol. The van der Waals surface area contributed by atoms with E-state index < -0.39 is 5.97 Å². The summed E-state index contributed by atoms with van der Waals surface area (Å²) in [6, 6.07) is 0. The van der Waals surface area contributed by atoms with E-state index in [-0.39, 0.29) is 5.92 Å². The average Bonchev–Trinajstić information content (AvgIpc) is 2.50. The molecule has 0 saturated heterocycles. The van der Waals surface area contributed by atoms with Crippen molar-refractivity contribution in [3.63, 3.8) is 0 Å². The van der Waals surface area contributed by atoms with E-state index in [0.29, 0.717) is 0 Å². The molecule has 0 bridgehead atoms. The van der Waals surface area contributed by atoms with Crippen LogP contribution in [-0.4, -0.2) is 11.1 Å². The Morgan fingerprint density at radius 3 is 1.32 bits per heavy atom. The van der Waals surface area contributed by atoms with E-state index in [9.17, 15) is 4.79 Å². The molecule has 0 heterocycles. The number of carboxylic acid groups (broad SMARTS) is 1. The molecule has 0 unspecified atom stereocenters. The molecule has 0 aromatic heterocycles. The summed E-state index contributed by atoms with van der Waals surface area (Å²) in [5, 5.41) is 8.80. The second-order valence-electron chi connectivity index (χ2n) is 6.98. The van der Waals surface area contributed by atoms with Crippen molar-refractivity contribution in [2.45, 2.75) is 117 Å². The third-order valence-electron chi connectivity index (χ3n) is 4.66. The zero-order chi connectivity index (χ0) is 16.5. The standard InChI is InChI=1S/C20H40O2/c1-3-4-5-6-7-8-9-10-11-12-13-14-15-16-17-18-19(2)20(21)22/h19H,3-18H2,1-2H3,(H,21,22)/t19-/m0/s1. The van der Waals surface area contributed by atoms with Gasteiger partial charge in [0, 0.05) is 0 Å². The quantitative estimate of drug-likeness (QED) is 0.294. The van der Waals surface area contributed by atoms with E-state index in [4.69, 9.17) is 5.11 Å². The molecule has 0 rings (SSSR count). The van der Waals surface area contributed by atoms with Gasteiger partial charge in [0.25, 0.3) is 0 Å². The maximum absolute atomic E-state index is 10.7. The lowest BCUT2D eigenvalue weighted by Gasteiger charge is -2.05. The highest BCUT2D eigenvalue weighted by atomic mass is 16.4. The van der Waals surface area contributed by atoms with E-state index in [1.807, 2.05) is 6.92 Å². The first kappa shape index (κ1) is 21.5. The van der Waals surface area contributed by atoms with Gasteiger partial charge in [0.1, 0.15) is 0 Å². The lowest BCUT2D eigenvalue weighted by molar-refractivity contribution is -0.141.